The number of hydrogen-bond acceptors (Lipinski definition) is 4. The molecule has 114 valence electrons. The minimum atomic E-state index is -3.81. The minimum Gasteiger partial charge on any atom is -0.490 e. The fourth-order valence-electron chi connectivity index (χ4n) is 1.46. The third kappa shape index (κ3) is 6.21. The van der Waals surface area contributed by atoms with E-state index in [0.717, 1.165) is 6.42 Å². The summed E-state index contributed by atoms with van der Waals surface area (Å²) in [4.78, 5) is -0.0333. The predicted molar refractivity (Wildman–Crippen MR) is 81.3 cm³/mol. The summed E-state index contributed by atoms with van der Waals surface area (Å²) < 4.78 is 34.4. The molecule has 0 bridgehead atoms. The molecule has 5 nitrogen and oxygen atoms in total. The maximum atomic E-state index is 11.5. The summed E-state index contributed by atoms with van der Waals surface area (Å²) in [5.41, 5.74) is 0. The van der Waals surface area contributed by atoms with E-state index in [9.17, 15) is 8.42 Å². The molecule has 7 heteroatoms. The van der Waals surface area contributed by atoms with Crippen molar-refractivity contribution in [2.45, 2.75) is 25.2 Å². The predicted octanol–water partition coefficient (Wildman–Crippen LogP) is 2.54. The van der Waals surface area contributed by atoms with Crippen molar-refractivity contribution in [1.82, 2.24) is 0 Å². The zero-order valence-corrected chi connectivity index (χ0v) is 14.0. The van der Waals surface area contributed by atoms with Crippen molar-refractivity contribution in [3.63, 3.8) is 0 Å². The van der Waals surface area contributed by atoms with Crippen molar-refractivity contribution in [2.24, 2.45) is 11.1 Å². The average molecular weight is 366 g/mol. The number of hydrogen-bond donors (Lipinski definition) is 1. The summed E-state index contributed by atoms with van der Waals surface area (Å²) in [6.45, 7) is 5.61. The summed E-state index contributed by atoms with van der Waals surface area (Å²) in [5.74, 6) is 0.833. The van der Waals surface area contributed by atoms with Gasteiger partial charge in [0.15, 0.2) is 0 Å². The summed E-state index contributed by atoms with van der Waals surface area (Å²) in [6.07, 6.45) is 0.987. The van der Waals surface area contributed by atoms with Gasteiger partial charge in [-0.15, -0.1) is 0 Å². The number of benzene rings is 1. The Morgan fingerprint density at radius 3 is 2.55 bits per heavy atom. The first-order chi connectivity index (χ1) is 9.30. The topological polar surface area (TPSA) is 78.6 Å². The van der Waals surface area contributed by atoms with Gasteiger partial charge in [0, 0.05) is 11.1 Å². The van der Waals surface area contributed by atoms with Crippen LogP contribution in [0.15, 0.2) is 27.6 Å². The van der Waals surface area contributed by atoms with E-state index in [1.165, 1.54) is 6.07 Å². The Bertz CT molecular complexity index is 531. The molecule has 0 atom stereocenters. The molecule has 1 aromatic rings. The van der Waals surface area contributed by atoms with Gasteiger partial charge >= 0.3 is 0 Å². The Kier molecular flexibility index (Phi) is 6.94. The SMILES string of the molecule is CC(C)CCOCCOc1ccc(Br)cc1S(N)(=O)=O. The normalized spacial score (nSPS) is 11.8. The van der Waals surface area contributed by atoms with E-state index >= 15 is 0 Å². The quantitative estimate of drug-likeness (QED) is 0.717. The van der Waals surface area contributed by atoms with Gasteiger partial charge in [-0.3, -0.25) is 0 Å². The van der Waals surface area contributed by atoms with E-state index in [-0.39, 0.29) is 17.3 Å². The minimum absolute atomic E-state index is 0.0333. The lowest BCUT2D eigenvalue weighted by Gasteiger charge is -2.11. The van der Waals surface area contributed by atoms with Crippen molar-refractivity contribution in [3.05, 3.63) is 22.7 Å². The van der Waals surface area contributed by atoms with Gasteiger partial charge in [0.25, 0.3) is 0 Å². The first-order valence-electron chi connectivity index (χ1n) is 6.33. The molecule has 0 aliphatic rings. The molecule has 0 fully saturated rings. The molecule has 2 N–H and O–H groups in total. The van der Waals surface area contributed by atoms with Gasteiger partial charge in [0.1, 0.15) is 17.3 Å². The summed E-state index contributed by atoms with van der Waals surface area (Å²) in [7, 11) is -3.81. The van der Waals surface area contributed by atoms with Crippen LogP contribution < -0.4 is 9.88 Å². The molecule has 1 rings (SSSR count). The van der Waals surface area contributed by atoms with E-state index in [1.807, 2.05) is 0 Å². The van der Waals surface area contributed by atoms with Gasteiger partial charge in [-0.25, -0.2) is 13.6 Å². The monoisotopic (exact) mass is 365 g/mol. The van der Waals surface area contributed by atoms with Crippen molar-refractivity contribution in [3.8, 4) is 5.75 Å². The van der Waals surface area contributed by atoms with Crippen LogP contribution >= 0.6 is 15.9 Å². The summed E-state index contributed by atoms with van der Waals surface area (Å²) >= 11 is 3.20. The van der Waals surface area contributed by atoms with Gasteiger partial charge in [-0.05, 0) is 30.5 Å². The molecule has 1 aromatic carbocycles. The zero-order chi connectivity index (χ0) is 15.2. The molecule has 0 saturated carbocycles. The van der Waals surface area contributed by atoms with E-state index in [1.54, 1.807) is 12.1 Å². The molecular weight excluding hydrogens is 346 g/mol. The Balaban J connectivity index is 2.52. The zero-order valence-electron chi connectivity index (χ0n) is 11.6. The van der Waals surface area contributed by atoms with Gasteiger partial charge < -0.3 is 9.47 Å². The Hall–Kier alpha value is -0.630. The van der Waals surface area contributed by atoms with Gasteiger partial charge in [-0.2, -0.15) is 0 Å². The van der Waals surface area contributed by atoms with Crippen LogP contribution in [0.4, 0.5) is 0 Å². The van der Waals surface area contributed by atoms with E-state index in [2.05, 4.69) is 29.8 Å². The first kappa shape index (κ1) is 17.4. The third-order valence-electron chi connectivity index (χ3n) is 2.54. The summed E-state index contributed by atoms with van der Waals surface area (Å²) in [5, 5.41) is 5.15. The fourth-order valence-corrected chi connectivity index (χ4v) is 2.67. The second-order valence-corrected chi connectivity index (χ2v) is 7.22. The second kappa shape index (κ2) is 7.97. The lowest BCUT2D eigenvalue weighted by Crippen LogP contribution is -2.15. The van der Waals surface area contributed by atoms with Crippen LogP contribution in [0, 0.1) is 5.92 Å². The van der Waals surface area contributed by atoms with Crippen LogP contribution in [0.25, 0.3) is 0 Å². The highest BCUT2D eigenvalue weighted by molar-refractivity contribution is 9.10. The van der Waals surface area contributed by atoms with Gasteiger partial charge in [-0.1, -0.05) is 29.8 Å². The van der Waals surface area contributed by atoms with Crippen LogP contribution in [-0.2, 0) is 14.8 Å². The highest BCUT2D eigenvalue weighted by atomic mass is 79.9. The molecule has 0 saturated heterocycles. The van der Waals surface area contributed by atoms with Crippen LogP contribution in [0.2, 0.25) is 0 Å². The number of sulfonamides is 1. The molecule has 0 heterocycles. The molecule has 0 aromatic heterocycles. The van der Waals surface area contributed by atoms with E-state index < -0.39 is 10.0 Å². The van der Waals surface area contributed by atoms with Crippen molar-refractivity contribution >= 4 is 26.0 Å². The van der Waals surface area contributed by atoms with Crippen LogP contribution in [0.3, 0.4) is 0 Å². The van der Waals surface area contributed by atoms with Crippen molar-refractivity contribution < 1.29 is 17.9 Å². The Morgan fingerprint density at radius 1 is 1.25 bits per heavy atom. The highest BCUT2D eigenvalue weighted by Crippen LogP contribution is 2.26. The molecule has 0 aliphatic heterocycles. The van der Waals surface area contributed by atoms with Crippen LogP contribution in [-0.4, -0.2) is 28.2 Å². The van der Waals surface area contributed by atoms with Crippen LogP contribution in [0.5, 0.6) is 5.75 Å². The largest absolute Gasteiger partial charge is 0.490 e. The smallest absolute Gasteiger partial charge is 0.241 e. The number of ether oxygens (including phenoxy) is 2. The van der Waals surface area contributed by atoms with Crippen molar-refractivity contribution in [2.75, 3.05) is 19.8 Å². The maximum absolute atomic E-state index is 11.5. The van der Waals surface area contributed by atoms with Crippen molar-refractivity contribution in [1.29, 1.82) is 0 Å². The molecule has 0 aliphatic carbocycles. The van der Waals surface area contributed by atoms with Crippen LogP contribution in [0.1, 0.15) is 20.3 Å². The van der Waals surface area contributed by atoms with E-state index in [4.69, 9.17) is 14.6 Å². The molecule has 0 radical (unpaired) electrons. The number of halogens is 1. The lowest BCUT2D eigenvalue weighted by atomic mass is 10.1. The van der Waals surface area contributed by atoms with E-state index in [0.29, 0.717) is 23.6 Å². The fraction of sp³-hybridized carbons (Fsp3) is 0.538. The molecule has 20 heavy (non-hydrogen) atoms. The highest BCUT2D eigenvalue weighted by Gasteiger charge is 2.15. The molecule has 0 spiro atoms. The van der Waals surface area contributed by atoms with Gasteiger partial charge in [0.2, 0.25) is 10.0 Å². The molecular formula is C13H20BrNO4S. The first-order valence-corrected chi connectivity index (χ1v) is 8.67. The number of nitrogens with two attached hydrogens (primary N) is 1. The Morgan fingerprint density at radius 2 is 1.95 bits per heavy atom. The second-order valence-electron chi connectivity index (χ2n) is 4.78. The molecule has 0 unspecified atom stereocenters. The molecule has 0 amide bonds. The third-order valence-corrected chi connectivity index (χ3v) is 3.96. The van der Waals surface area contributed by atoms with Gasteiger partial charge in [0.05, 0.1) is 6.61 Å². The number of rotatable bonds is 8. The lowest BCUT2D eigenvalue weighted by molar-refractivity contribution is 0.0916. The Labute approximate surface area is 128 Å². The standard InChI is InChI=1S/C13H20BrNO4S/c1-10(2)5-6-18-7-8-19-12-4-3-11(14)9-13(12)20(15,16)17/h3-4,9-10H,5-8H2,1-2H3,(H2,15,16,17). The average Bonchev–Trinajstić information content (AvgIpc) is 2.33. The summed E-state index contributed by atoms with van der Waals surface area (Å²) in [6, 6.07) is 4.69. The maximum Gasteiger partial charge on any atom is 0.241 e. The number of primary sulfonamides is 1.